The SMILES string of the molecule is COCCn1c(=O)c2c(C)c(C=NNC(=O)O)sc2n(CCOC)c1=O. The molecule has 0 saturated carbocycles. The van der Waals surface area contributed by atoms with Crippen molar-refractivity contribution in [3.8, 4) is 0 Å². The van der Waals surface area contributed by atoms with Crippen molar-refractivity contribution in [3.63, 3.8) is 0 Å². The van der Waals surface area contributed by atoms with E-state index in [-0.39, 0.29) is 19.7 Å². The number of fused-ring (bicyclic) bond motifs is 1. The number of carboxylic acid groups (broad SMARTS) is 1. The van der Waals surface area contributed by atoms with Crippen LogP contribution in [0.4, 0.5) is 4.79 Å². The number of ether oxygens (including phenoxy) is 2. The maximum absolute atomic E-state index is 12.8. The van der Waals surface area contributed by atoms with Crippen LogP contribution >= 0.6 is 11.3 Å². The normalized spacial score (nSPS) is 11.5. The average Bonchev–Trinajstić information content (AvgIpc) is 2.91. The molecule has 0 aliphatic rings. The van der Waals surface area contributed by atoms with Gasteiger partial charge in [0.2, 0.25) is 0 Å². The first-order valence-electron chi connectivity index (χ1n) is 7.69. The Bertz CT molecular complexity index is 942. The molecule has 0 radical (unpaired) electrons. The predicted octanol–water partition coefficient (Wildman–Crippen LogP) is 0.427. The molecule has 26 heavy (non-hydrogen) atoms. The topological polar surface area (TPSA) is 124 Å². The van der Waals surface area contributed by atoms with Gasteiger partial charge in [-0.15, -0.1) is 11.3 Å². The number of hydrogen-bond donors (Lipinski definition) is 2. The monoisotopic (exact) mass is 384 g/mol. The van der Waals surface area contributed by atoms with Gasteiger partial charge < -0.3 is 14.6 Å². The highest BCUT2D eigenvalue weighted by molar-refractivity contribution is 7.20. The van der Waals surface area contributed by atoms with E-state index < -0.39 is 17.3 Å². The number of nitrogens with zero attached hydrogens (tertiary/aromatic N) is 3. The first-order chi connectivity index (χ1) is 12.4. The summed E-state index contributed by atoms with van der Waals surface area (Å²) in [6.07, 6.45) is 0.0250. The Balaban J connectivity index is 2.68. The molecule has 1 amide bonds. The minimum Gasteiger partial charge on any atom is -0.464 e. The van der Waals surface area contributed by atoms with Crippen molar-refractivity contribution in [3.05, 3.63) is 31.3 Å². The number of hydrazone groups is 1. The van der Waals surface area contributed by atoms with E-state index >= 15 is 0 Å². The van der Waals surface area contributed by atoms with Crippen molar-refractivity contribution < 1.29 is 19.4 Å². The van der Waals surface area contributed by atoms with Gasteiger partial charge >= 0.3 is 11.8 Å². The number of carbonyl (C=O) groups is 1. The van der Waals surface area contributed by atoms with Crippen LogP contribution in [0.15, 0.2) is 14.7 Å². The Morgan fingerprint density at radius 3 is 2.42 bits per heavy atom. The molecule has 0 saturated heterocycles. The Labute approximate surface area is 152 Å². The van der Waals surface area contributed by atoms with Crippen LogP contribution in [-0.2, 0) is 22.6 Å². The minimum atomic E-state index is -1.29. The van der Waals surface area contributed by atoms with Crippen LogP contribution < -0.4 is 16.7 Å². The standard InChI is InChI=1S/C15H20N4O6S/c1-9-10(8-16-17-14(21)22)26-13-11(9)12(20)18(4-6-24-2)15(23)19(13)5-7-25-3/h8,17H,4-7H2,1-3H3,(H,21,22). The van der Waals surface area contributed by atoms with Crippen molar-refractivity contribution in [1.29, 1.82) is 0 Å². The molecule has 0 fully saturated rings. The zero-order chi connectivity index (χ0) is 19.3. The molecule has 0 aromatic carbocycles. The Kier molecular flexibility index (Phi) is 6.66. The Morgan fingerprint density at radius 1 is 1.23 bits per heavy atom. The zero-order valence-electron chi connectivity index (χ0n) is 14.6. The summed E-state index contributed by atoms with van der Waals surface area (Å²) in [6.45, 7) is 2.68. The second-order valence-electron chi connectivity index (χ2n) is 5.32. The van der Waals surface area contributed by atoms with Crippen LogP contribution in [-0.4, -0.2) is 54.0 Å². The lowest BCUT2D eigenvalue weighted by atomic mass is 10.2. The summed E-state index contributed by atoms with van der Waals surface area (Å²) in [5.41, 5.74) is 1.67. The number of hydrogen-bond acceptors (Lipinski definition) is 7. The number of aromatic nitrogens is 2. The molecule has 142 valence electrons. The Hall–Kier alpha value is -2.50. The van der Waals surface area contributed by atoms with Gasteiger partial charge in [0.05, 0.1) is 42.8 Å². The molecule has 0 spiro atoms. The fraction of sp³-hybridized carbons (Fsp3) is 0.467. The molecule has 2 aromatic heterocycles. The third kappa shape index (κ3) is 4.00. The quantitative estimate of drug-likeness (QED) is 0.502. The first kappa shape index (κ1) is 19.8. The number of thiophene rings is 1. The van der Waals surface area contributed by atoms with Gasteiger partial charge in [-0.3, -0.25) is 13.9 Å². The second-order valence-corrected chi connectivity index (χ2v) is 6.35. The van der Waals surface area contributed by atoms with Crippen molar-refractivity contribution in [2.45, 2.75) is 20.0 Å². The fourth-order valence-electron chi connectivity index (χ4n) is 2.44. The molecule has 0 bridgehead atoms. The maximum atomic E-state index is 12.8. The molecule has 0 unspecified atom stereocenters. The minimum absolute atomic E-state index is 0.135. The van der Waals surface area contributed by atoms with E-state index in [1.165, 1.54) is 36.3 Å². The summed E-state index contributed by atoms with van der Waals surface area (Å²) in [5.74, 6) is 0. The van der Waals surface area contributed by atoms with Crippen molar-refractivity contribution in [1.82, 2.24) is 14.6 Å². The van der Waals surface area contributed by atoms with E-state index in [0.717, 1.165) is 4.57 Å². The van der Waals surface area contributed by atoms with Crippen LogP contribution in [0.25, 0.3) is 10.2 Å². The Morgan fingerprint density at radius 2 is 1.85 bits per heavy atom. The summed E-state index contributed by atoms with van der Waals surface area (Å²) in [4.78, 5) is 37.2. The molecule has 2 aromatic rings. The number of methoxy groups -OCH3 is 2. The van der Waals surface area contributed by atoms with Gasteiger partial charge in [0.1, 0.15) is 4.83 Å². The molecule has 2 rings (SSSR count). The molecule has 2 N–H and O–H groups in total. The number of nitrogens with one attached hydrogen (secondary N) is 1. The van der Waals surface area contributed by atoms with Gasteiger partial charge in [-0.05, 0) is 12.5 Å². The second kappa shape index (κ2) is 8.74. The van der Waals surface area contributed by atoms with Crippen LogP contribution in [0, 0.1) is 6.92 Å². The van der Waals surface area contributed by atoms with Crippen LogP contribution in [0.1, 0.15) is 10.4 Å². The fourth-order valence-corrected chi connectivity index (χ4v) is 3.63. The average molecular weight is 384 g/mol. The smallest absolute Gasteiger partial charge is 0.425 e. The lowest BCUT2D eigenvalue weighted by molar-refractivity contribution is 0.179. The molecule has 11 heteroatoms. The van der Waals surface area contributed by atoms with Crippen molar-refractivity contribution in [2.75, 3.05) is 27.4 Å². The van der Waals surface area contributed by atoms with Gasteiger partial charge in [-0.25, -0.2) is 15.0 Å². The largest absolute Gasteiger partial charge is 0.464 e. The van der Waals surface area contributed by atoms with Crippen LogP contribution in [0.3, 0.4) is 0 Å². The summed E-state index contributed by atoms with van der Waals surface area (Å²) < 4.78 is 12.7. The summed E-state index contributed by atoms with van der Waals surface area (Å²) in [6, 6.07) is 0. The predicted molar refractivity (Wildman–Crippen MR) is 97.6 cm³/mol. The molecule has 0 aliphatic carbocycles. The number of amides is 1. The maximum Gasteiger partial charge on any atom is 0.425 e. The first-order valence-corrected chi connectivity index (χ1v) is 8.50. The third-order valence-corrected chi connectivity index (χ3v) is 4.96. The van der Waals surface area contributed by atoms with Crippen LogP contribution in [0.2, 0.25) is 0 Å². The molecule has 0 atom stereocenters. The molecule has 2 heterocycles. The van der Waals surface area contributed by atoms with Crippen LogP contribution in [0.5, 0.6) is 0 Å². The van der Waals surface area contributed by atoms with E-state index in [0.29, 0.717) is 27.3 Å². The molecule has 0 aliphatic heterocycles. The highest BCUT2D eigenvalue weighted by Crippen LogP contribution is 2.26. The zero-order valence-corrected chi connectivity index (χ0v) is 15.5. The summed E-state index contributed by atoms with van der Waals surface area (Å²) >= 11 is 1.19. The number of aryl methyl sites for hydroxylation is 1. The van der Waals surface area contributed by atoms with Gasteiger partial charge in [-0.1, -0.05) is 0 Å². The van der Waals surface area contributed by atoms with Gasteiger partial charge in [0.15, 0.2) is 0 Å². The van der Waals surface area contributed by atoms with E-state index in [4.69, 9.17) is 14.6 Å². The molecular weight excluding hydrogens is 364 g/mol. The number of rotatable bonds is 8. The van der Waals surface area contributed by atoms with Gasteiger partial charge in [0.25, 0.3) is 5.56 Å². The van der Waals surface area contributed by atoms with Crippen molar-refractivity contribution >= 4 is 33.9 Å². The highest BCUT2D eigenvalue weighted by atomic mass is 32.1. The summed E-state index contributed by atoms with van der Waals surface area (Å²) in [5, 5.41) is 12.6. The van der Waals surface area contributed by atoms with Gasteiger partial charge in [0, 0.05) is 14.2 Å². The van der Waals surface area contributed by atoms with E-state index in [1.54, 1.807) is 6.92 Å². The van der Waals surface area contributed by atoms with Gasteiger partial charge in [-0.2, -0.15) is 5.10 Å². The summed E-state index contributed by atoms with van der Waals surface area (Å²) in [7, 11) is 3.02. The van der Waals surface area contributed by atoms with E-state index in [2.05, 4.69) is 5.10 Å². The molecular formula is C15H20N4O6S. The van der Waals surface area contributed by atoms with Crippen molar-refractivity contribution in [2.24, 2.45) is 5.10 Å². The lowest BCUT2D eigenvalue weighted by Gasteiger charge is -2.11. The lowest BCUT2D eigenvalue weighted by Crippen LogP contribution is -2.41. The highest BCUT2D eigenvalue weighted by Gasteiger charge is 2.19. The van der Waals surface area contributed by atoms with E-state index in [9.17, 15) is 14.4 Å². The third-order valence-electron chi connectivity index (χ3n) is 3.71. The molecule has 10 nitrogen and oxygen atoms in total. The van der Waals surface area contributed by atoms with E-state index in [1.807, 2.05) is 5.43 Å².